The van der Waals surface area contributed by atoms with Crippen molar-refractivity contribution in [3.63, 3.8) is 0 Å². The Labute approximate surface area is 169 Å². The van der Waals surface area contributed by atoms with E-state index in [0.717, 1.165) is 0 Å². The molecule has 0 saturated heterocycles. The second-order valence-electron chi connectivity index (χ2n) is 6.26. The van der Waals surface area contributed by atoms with Crippen molar-refractivity contribution in [1.29, 1.82) is 0 Å². The van der Waals surface area contributed by atoms with Gasteiger partial charge in [0.2, 0.25) is 0 Å². The van der Waals surface area contributed by atoms with Gasteiger partial charge in [-0.15, -0.1) is 11.8 Å². The maximum Gasteiger partial charge on any atom is 0.403 e. The van der Waals surface area contributed by atoms with Gasteiger partial charge in [-0.25, -0.2) is 4.79 Å². The van der Waals surface area contributed by atoms with E-state index in [4.69, 9.17) is 16.3 Å². The maximum absolute atomic E-state index is 11.1. The van der Waals surface area contributed by atoms with E-state index in [2.05, 4.69) is 72.8 Å². The van der Waals surface area contributed by atoms with Gasteiger partial charge < -0.3 is 4.74 Å². The molecule has 0 unspecified atom stereocenters. The topological polar surface area (TPSA) is 26.3 Å². The number of hydrogen-bond donors (Lipinski definition) is 0. The van der Waals surface area contributed by atoms with Crippen molar-refractivity contribution < 1.29 is 9.53 Å². The lowest BCUT2D eigenvalue weighted by molar-refractivity contribution is 0.175. The molecular weight excluding hydrogens is 376 g/mol. The summed E-state index contributed by atoms with van der Waals surface area (Å²) in [7, 11) is 0. The van der Waals surface area contributed by atoms with Gasteiger partial charge in [0.1, 0.15) is 6.61 Å². The standard InChI is InChI=1S/C23H21ClO2S/c1-18(17-26-22(24)25)27-23(19-11-5-2-6-12-19,20-13-7-3-8-14-20)21-15-9-4-10-16-21/h2-16,18H,17H2,1H3/t18-/m1/s1. The summed E-state index contributed by atoms with van der Waals surface area (Å²) >= 11 is 7.13. The molecule has 0 spiro atoms. The smallest absolute Gasteiger partial charge is 0.403 e. The number of hydrogen-bond acceptors (Lipinski definition) is 3. The van der Waals surface area contributed by atoms with E-state index in [9.17, 15) is 4.79 Å². The average Bonchev–Trinajstić information content (AvgIpc) is 2.72. The van der Waals surface area contributed by atoms with E-state index in [-0.39, 0.29) is 11.9 Å². The zero-order chi connectivity index (χ0) is 19.1. The fraction of sp³-hybridized carbons (Fsp3) is 0.174. The highest BCUT2D eigenvalue weighted by Gasteiger charge is 2.38. The molecule has 0 radical (unpaired) electrons. The van der Waals surface area contributed by atoms with Crippen LogP contribution in [-0.2, 0) is 9.48 Å². The number of halogens is 1. The van der Waals surface area contributed by atoms with Gasteiger partial charge in [-0.1, -0.05) is 91.0 Å². The molecule has 0 aromatic heterocycles. The molecule has 2 nitrogen and oxygen atoms in total. The molecule has 0 N–H and O–H groups in total. The molecule has 1 atom stereocenters. The average molecular weight is 397 g/mol. The van der Waals surface area contributed by atoms with Crippen LogP contribution < -0.4 is 0 Å². The number of rotatable bonds is 7. The minimum Gasteiger partial charge on any atom is -0.453 e. The predicted octanol–water partition coefficient (Wildman–Crippen LogP) is 6.48. The third kappa shape index (κ3) is 4.55. The van der Waals surface area contributed by atoms with Crippen LogP contribution in [0, 0.1) is 0 Å². The Morgan fingerprint density at radius 1 is 0.852 bits per heavy atom. The first-order valence-electron chi connectivity index (χ1n) is 8.79. The van der Waals surface area contributed by atoms with Gasteiger partial charge in [-0.3, -0.25) is 0 Å². The number of carbonyl (C=O) groups excluding carboxylic acids is 1. The lowest BCUT2D eigenvalue weighted by Gasteiger charge is -2.37. The van der Waals surface area contributed by atoms with Crippen LogP contribution in [0.15, 0.2) is 91.0 Å². The van der Waals surface area contributed by atoms with Crippen molar-refractivity contribution in [1.82, 2.24) is 0 Å². The SMILES string of the molecule is C[C@H](COC(=O)Cl)SC(c1ccccc1)(c1ccccc1)c1ccccc1. The van der Waals surface area contributed by atoms with E-state index in [1.54, 1.807) is 11.8 Å². The van der Waals surface area contributed by atoms with E-state index in [0.29, 0.717) is 0 Å². The molecule has 0 heterocycles. The predicted molar refractivity (Wildman–Crippen MR) is 113 cm³/mol. The molecule has 3 rings (SSSR count). The van der Waals surface area contributed by atoms with E-state index in [1.165, 1.54) is 16.7 Å². The molecule has 0 aliphatic carbocycles. The Kier molecular flexibility index (Phi) is 6.59. The zero-order valence-corrected chi connectivity index (χ0v) is 16.6. The van der Waals surface area contributed by atoms with Crippen molar-refractivity contribution in [3.8, 4) is 0 Å². The van der Waals surface area contributed by atoms with Crippen molar-refractivity contribution >= 4 is 28.8 Å². The molecule has 0 saturated carbocycles. The van der Waals surface area contributed by atoms with Crippen LogP contribution in [0.1, 0.15) is 23.6 Å². The third-order valence-electron chi connectivity index (χ3n) is 4.35. The van der Waals surface area contributed by atoms with Crippen LogP contribution in [0.25, 0.3) is 0 Å². The Morgan fingerprint density at radius 2 is 1.22 bits per heavy atom. The molecule has 138 valence electrons. The maximum atomic E-state index is 11.1. The molecule has 0 aliphatic heterocycles. The molecule has 0 fully saturated rings. The van der Waals surface area contributed by atoms with Crippen molar-refractivity contribution in [2.24, 2.45) is 0 Å². The summed E-state index contributed by atoms with van der Waals surface area (Å²) in [5, 5.41) is 0.0355. The fourth-order valence-corrected chi connectivity index (χ4v) is 4.86. The number of benzene rings is 3. The third-order valence-corrected chi connectivity index (χ3v) is 6.06. The highest BCUT2D eigenvalue weighted by atomic mass is 35.5. The molecule has 0 amide bonds. The van der Waals surface area contributed by atoms with E-state index >= 15 is 0 Å². The second-order valence-corrected chi connectivity index (χ2v) is 8.22. The number of thioether (sulfide) groups is 1. The first kappa shape index (κ1) is 19.5. The fourth-order valence-electron chi connectivity index (χ4n) is 3.24. The summed E-state index contributed by atoms with van der Waals surface area (Å²) in [6.45, 7) is 2.30. The highest BCUT2D eigenvalue weighted by molar-refractivity contribution is 8.01. The van der Waals surface area contributed by atoms with Crippen molar-refractivity contribution in [2.75, 3.05) is 6.61 Å². The van der Waals surface area contributed by atoms with E-state index < -0.39 is 10.2 Å². The Balaban J connectivity index is 2.15. The van der Waals surface area contributed by atoms with Gasteiger partial charge in [0.15, 0.2) is 0 Å². The number of ether oxygens (including phenoxy) is 1. The van der Waals surface area contributed by atoms with Gasteiger partial charge in [0.25, 0.3) is 0 Å². The van der Waals surface area contributed by atoms with E-state index in [1.807, 2.05) is 25.1 Å². The summed E-state index contributed by atoms with van der Waals surface area (Å²) in [6, 6.07) is 31.3. The van der Waals surface area contributed by atoms with Crippen LogP contribution in [0.5, 0.6) is 0 Å². The van der Waals surface area contributed by atoms with Gasteiger partial charge in [-0.05, 0) is 23.6 Å². The largest absolute Gasteiger partial charge is 0.453 e. The molecule has 27 heavy (non-hydrogen) atoms. The van der Waals surface area contributed by atoms with Crippen molar-refractivity contribution in [2.45, 2.75) is 16.9 Å². The highest BCUT2D eigenvalue weighted by Crippen LogP contribution is 2.50. The molecule has 4 heteroatoms. The lowest BCUT2D eigenvalue weighted by atomic mass is 9.84. The summed E-state index contributed by atoms with van der Waals surface area (Å²) in [6.07, 6.45) is 0. The minimum atomic E-state index is -0.771. The molecule has 3 aromatic carbocycles. The first-order chi connectivity index (χ1) is 13.1. The Morgan fingerprint density at radius 3 is 1.56 bits per heavy atom. The summed E-state index contributed by atoms with van der Waals surface area (Å²) in [5.41, 5.74) is 2.76. The first-order valence-corrected chi connectivity index (χ1v) is 10.1. The van der Waals surface area contributed by atoms with Crippen LogP contribution in [0.2, 0.25) is 0 Å². The Hall–Kier alpha value is -2.23. The van der Waals surface area contributed by atoms with Crippen LogP contribution in [0.4, 0.5) is 4.79 Å². The molecular formula is C23H21ClO2S. The quantitative estimate of drug-likeness (QED) is 0.338. The normalized spacial score (nSPS) is 12.4. The second kappa shape index (κ2) is 9.12. The molecule has 3 aromatic rings. The Bertz CT molecular complexity index is 757. The zero-order valence-electron chi connectivity index (χ0n) is 15.0. The van der Waals surface area contributed by atoms with Crippen molar-refractivity contribution in [3.05, 3.63) is 108 Å². The summed E-state index contributed by atoms with van der Waals surface area (Å²) in [5.74, 6) is 0. The van der Waals surface area contributed by atoms with Crippen LogP contribution in [0.3, 0.4) is 0 Å². The van der Waals surface area contributed by atoms with Crippen LogP contribution in [-0.4, -0.2) is 17.3 Å². The van der Waals surface area contributed by atoms with Gasteiger partial charge in [-0.2, -0.15) is 0 Å². The molecule has 0 bridgehead atoms. The minimum absolute atomic E-state index is 0.0355. The van der Waals surface area contributed by atoms with Gasteiger partial charge in [0, 0.05) is 16.9 Å². The van der Waals surface area contributed by atoms with Crippen LogP contribution >= 0.6 is 23.4 Å². The summed E-state index contributed by atoms with van der Waals surface area (Å²) < 4.78 is 4.63. The molecule has 0 aliphatic rings. The lowest BCUT2D eigenvalue weighted by Crippen LogP contribution is -2.29. The number of carbonyl (C=O) groups is 1. The summed E-state index contributed by atoms with van der Waals surface area (Å²) in [4.78, 5) is 11.1. The van der Waals surface area contributed by atoms with Gasteiger partial charge >= 0.3 is 5.43 Å². The van der Waals surface area contributed by atoms with Gasteiger partial charge in [0.05, 0.1) is 4.75 Å². The monoisotopic (exact) mass is 396 g/mol.